The summed E-state index contributed by atoms with van der Waals surface area (Å²) < 4.78 is 4.95. The lowest BCUT2D eigenvalue weighted by Crippen LogP contribution is -2.29. The molecule has 0 aromatic carbocycles. The van der Waals surface area contributed by atoms with Crippen LogP contribution in [0.25, 0.3) is 0 Å². The predicted octanol–water partition coefficient (Wildman–Crippen LogP) is 1.74. The van der Waals surface area contributed by atoms with Gasteiger partial charge in [-0.15, -0.1) is 0 Å². The van der Waals surface area contributed by atoms with E-state index in [2.05, 4.69) is 13.8 Å². The topological polar surface area (TPSA) is 35.2 Å². The molecule has 0 fully saturated rings. The van der Waals surface area contributed by atoms with Crippen molar-refractivity contribution in [1.82, 2.24) is 0 Å². The molecule has 1 atom stereocenters. The van der Waals surface area contributed by atoms with Crippen LogP contribution in [0.15, 0.2) is 0 Å². The summed E-state index contributed by atoms with van der Waals surface area (Å²) in [7, 11) is 1.74. The van der Waals surface area contributed by atoms with Gasteiger partial charge in [-0.3, -0.25) is 0 Å². The van der Waals surface area contributed by atoms with Crippen molar-refractivity contribution in [3.8, 4) is 0 Å². The van der Waals surface area contributed by atoms with Gasteiger partial charge in [-0.2, -0.15) is 11.8 Å². The van der Waals surface area contributed by atoms with E-state index in [-0.39, 0.29) is 0 Å². The van der Waals surface area contributed by atoms with Gasteiger partial charge in [-0.05, 0) is 18.1 Å². The van der Waals surface area contributed by atoms with Gasteiger partial charge in [-0.25, -0.2) is 0 Å². The molecule has 1 unspecified atom stereocenters. The highest BCUT2D eigenvalue weighted by Crippen LogP contribution is 2.08. The predicted molar refractivity (Wildman–Crippen MR) is 56.6 cm³/mol. The summed E-state index contributed by atoms with van der Waals surface area (Å²) in [6.07, 6.45) is 1.13. The normalized spacial score (nSPS) is 13.8. The number of hydrogen-bond donors (Lipinski definition) is 1. The van der Waals surface area contributed by atoms with Crippen LogP contribution in [0.5, 0.6) is 0 Å². The molecule has 0 radical (unpaired) electrons. The fraction of sp³-hybridized carbons (Fsp3) is 1.00. The minimum Gasteiger partial charge on any atom is -0.385 e. The quantitative estimate of drug-likeness (QED) is 0.623. The Bertz CT molecular complexity index is 98.5. The van der Waals surface area contributed by atoms with E-state index in [0.29, 0.717) is 12.0 Å². The van der Waals surface area contributed by atoms with Crippen LogP contribution in [-0.4, -0.2) is 31.3 Å². The second kappa shape index (κ2) is 7.90. The lowest BCUT2D eigenvalue weighted by atomic mass is 10.1. The highest BCUT2D eigenvalue weighted by molar-refractivity contribution is 7.99. The Kier molecular flexibility index (Phi) is 8.07. The first kappa shape index (κ1) is 12.3. The van der Waals surface area contributed by atoms with Crippen LogP contribution in [0.2, 0.25) is 0 Å². The Morgan fingerprint density at radius 3 is 2.58 bits per heavy atom. The van der Waals surface area contributed by atoms with Crippen LogP contribution in [-0.2, 0) is 4.74 Å². The van der Waals surface area contributed by atoms with Crippen molar-refractivity contribution in [1.29, 1.82) is 0 Å². The van der Waals surface area contributed by atoms with Gasteiger partial charge in [-0.1, -0.05) is 13.8 Å². The van der Waals surface area contributed by atoms with Crippen molar-refractivity contribution in [2.45, 2.75) is 26.3 Å². The molecule has 0 aliphatic rings. The van der Waals surface area contributed by atoms with E-state index in [0.717, 1.165) is 24.5 Å². The summed E-state index contributed by atoms with van der Waals surface area (Å²) in [6.45, 7) is 5.20. The van der Waals surface area contributed by atoms with E-state index < -0.39 is 0 Å². The van der Waals surface area contributed by atoms with Crippen molar-refractivity contribution < 1.29 is 4.74 Å². The van der Waals surface area contributed by atoms with Crippen LogP contribution < -0.4 is 5.73 Å². The largest absolute Gasteiger partial charge is 0.385 e. The maximum absolute atomic E-state index is 5.88. The van der Waals surface area contributed by atoms with Gasteiger partial charge in [0.15, 0.2) is 0 Å². The molecule has 74 valence electrons. The van der Waals surface area contributed by atoms with Crippen molar-refractivity contribution in [2.75, 3.05) is 25.2 Å². The fourth-order valence-electron chi connectivity index (χ4n) is 0.717. The molecule has 0 aliphatic heterocycles. The first-order chi connectivity index (χ1) is 5.68. The van der Waals surface area contributed by atoms with Gasteiger partial charge in [0.05, 0.1) is 0 Å². The molecule has 3 heteroatoms. The average Bonchev–Trinajstić information content (AvgIpc) is 2.03. The SMILES string of the molecule is COCCCSCC(N)C(C)C. The Morgan fingerprint density at radius 2 is 2.08 bits per heavy atom. The summed E-state index contributed by atoms with van der Waals surface area (Å²) in [5, 5.41) is 0. The summed E-state index contributed by atoms with van der Waals surface area (Å²) in [5.74, 6) is 2.83. The Hall–Kier alpha value is 0.270. The molecule has 0 aliphatic carbocycles. The zero-order chi connectivity index (χ0) is 9.40. The second-order valence-corrected chi connectivity index (χ2v) is 4.48. The van der Waals surface area contributed by atoms with Crippen LogP contribution in [0.3, 0.4) is 0 Å². The molecule has 0 rings (SSSR count). The van der Waals surface area contributed by atoms with Crippen LogP contribution >= 0.6 is 11.8 Å². The van der Waals surface area contributed by atoms with Crippen molar-refractivity contribution in [3.63, 3.8) is 0 Å². The number of rotatable bonds is 7. The Morgan fingerprint density at radius 1 is 1.42 bits per heavy atom. The highest BCUT2D eigenvalue weighted by atomic mass is 32.2. The number of ether oxygens (including phenoxy) is 1. The standard InChI is InChI=1S/C9H21NOS/c1-8(2)9(10)7-12-6-4-5-11-3/h8-9H,4-7,10H2,1-3H3. The summed E-state index contributed by atoms with van der Waals surface area (Å²) in [5.41, 5.74) is 5.88. The van der Waals surface area contributed by atoms with E-state index in [4.69, 9.17) is 10.5 Å². The lowest BCUT2D eigenvalue weighted by Gasteiger charge is -2.14. The monoisotopic (exact) mass is 191 g/mol. The molecule has 12 heavy (non-hydrogen) atoms. The number of thioether (sulfide) groups is 1. The minimum atomic E-state index is 0.345. The van der Waals surface area contributed by atoms with Crippen molar-refractivity contribution in [2.24, 2.45) is 11.7 Å². The molecule has 0 aromatic heterocycles. The smallest absolute Gasteiger partial charge is 0.0470 e. The Labute approximate surface area is 80.2 Å². The van der Waals surface area contributed by atoms with E-state index in [9.17, 15) is 0 Å². The zero-order valence-electron chi connectivity index (χ0n) is 8.38. The maximum Gasteiger partial charge on any atom is 0.0470 e. The Balaban J connectivity index is 3.08. The second-order valence-electron chi connectivity index (χ2n) is 3.33. The van der Waals surface area contributed by atoms with Crippen LogP contribution in [0.1, 0.15) is 20.3 Å². The first-order valence-corrected chi connectivity index (χ1v) is 5.66. The summed E-state index contributed by atoms with van der Waals surface area (Å²) in [6, 6.07) is 0.345. The molecule has 0 amide bonds. The number of nitrogens with two attached hydrogens (primary N) is 1. The third kappa shape index (κ3) is 6.95. The number of methoxy groups -OCH3 is 1. The molecule has 0 aromatic rings. The van der Waals surface area contributed by atoms with Crippen LogP contribution in [0.4, 0.5) is 0 Å². The summed E-state index contributed by atoms with van der Waals surface area (Å²) >= 11 is 1.92. The number of hydrogen-bond acceptors (Lipinski definition) is 3. The van der Waals surface area contributed by atoms with Gasteiger partial charge in [0.25, 0.3) is 0 Å². The highest BCUT2D eigenvalue weighted by Gasteiger charge is 2.06. The third-order valence-corrected chi connectivity index (χ3v) is 3.00. The molecule has 0 heterocycles. The van der Waals surface area contributed by atoms with E-state index in [1.54, 1.807) is 7.11 Å². The molecular weight excluding hydrogens is 170 g/mol. The van der Waals surface area contributed by atoms with E-state index >= 15 is 0 Å². The first-order valence-electron chi connectivity index (χ1n) is 4.50. The van der Waals surface area contributed by atoms with Gasteiger partial charge in [0, 0.05) is 25.5 Å². The fourth-order valence-corrected chi connectivity index (χ4v) is 1.86. The lowest BCUT2D eigenvalue weighted by molar-refractivity contribution is 0.200. The third-order valence-electron chi connectivity index (χ3n) is 1.80. The van der Waals surface area contributed by atoms with E-state index in [1.165, 1.54) is 0 Å². The maximum atomic E-state index is 5.88. The van der Waals surface area contributed by atoms with E-state index in [1.807, 2.05) is 11.8 Å². The molecule has 2 nitrogen and oxygen atoms in total. The molecule has 0 saturated heterocycles. The minimum absolute atomic E-state index is 0.345. The van der Waals surface area contributed by atoms with Crippen molar-refractivity contribution >= 4 is 11.8 Å². The molecule has 0 spiro atoms. The zero-order valence-corrected chi connectivity index (χ0v) is 9.19. The average molecular weight is 191 g/mol. The van der Waals surface area contributed by atoms with Gasteiger partial charge in [0.2, 0.25) is 0 Å². The molecular formula is C9H21NOS. The van der Waals surface area contributed by atoms with Gasteiger partial charge in [0.1, 0.15) is 0 Å². The molecule has 0 saturated carbocycles. The van der Waals surface area contributed by atoms with Crippen molar-refractivity contribution in [3.05, 3.63) is 0 Å². The van der Waals surface area contributed by atoms with Gasteiger partial charge < -0.3 is 10.5 Å². The molecule has 0 bridgehead atoms. The summed E-state index contributed by atoms with van der Waals surface area (Å²) in [4.78, 5) is 0. The van der Waals surface area contributed by atoms with Gasteiger partial charge >= 0.3 is 0 Å². The van der Waals surface area contributed by atoms with Crippen LogP contribution in [0, 0.1) is 5.92 Å². The molecule has 2 N–H and O–H groups in total.